The fourth-order valence-corrected chi connectivity index (χ4v) is 0.514. The van der Waals surface area contributed by atoms with Gasteiger partial charge < -0.3 is 0 Å². The Balaban J connectivity index is 2.91. The molecule has 0 spiro atoms. The standard InChI is InChI=1S/C8H14/c1-3-5-7-8-6-4-2/h3,5,7H,1,4,6,8H2,2H3/b7-5-. The zero-order chi connectivity index (χ0) is 6.24. The van der Waals surface area contributed by atoms with Gasteiger partial charge in [-0.25, -0.2) is 0 Å². The molecule has 0 aromatic rings. The molecule has 0 aliphatic rings. The van der Waals surface area contributed by atoms with Crippen LogP contribution in [0.4, 0.5) is 0 Å². The normalized spacial score (nSPS) is 10.1. The summed E-state index contributed by atoms with van der Waals surface area (Å²) in [6.45, 7) is 5.77. The van der Waals surface area contributed by atoms with E-state index in [1.165, 1.54) is 19.3 Å². The van der Waals surface area contributed by atoms with E-state index in [4.69, 9.17) is 0 Å². The SMILES string of the molecule is C=C/C=C\CCCC. The van der Waals surface area contributed by atoms with E-state index in [1.54, 1.807) is 0 Å². The van der Waals surface area contributed by atoms with Crippen molar-refractivity contribution in [2.75, 3.05) is 0 Å². The number of allylic oxidation sites excluding steroid dienone is 3. The van der Waals surface area contributed by atoms with E-state index in [-0.39, 0.29) is 0 Å². The van der Waals surface area contributed by atoms with Gasteiger partial charge in [0, 0.05) is 0 Å². The van der Waals surface area contributed by atoms with Gasteiger partial charge in [0.15, 0.2) is 0 Å². The van der Waals surface area contributed by atoms with Gasteiger partial charge in [-0.2, -0.15) is 0 Å². The first-order chi connectivity index (χ1) is 3.91. The van der Waals surface area contributed by atoms with Gasteiger partial charge in [0.05, 0.1) is 0 Å². The summed E-state index contributed by atoms with van der Waals surface area (Å²) in [5.41, 5.74) is 0. The minimum atomic E-state index is 1.20. The molecule has 0 nitrogen and oxygen atoms in total. The van der Waals surface area contributed by atoms with Crippen LogP contribution in [-0.2, 0) is 0 Å². The average Bonchev–Trinajstić information content (AvgIpc) is 1.81. The minimum Gasteiger partial charge on any atom is -0.0991 e. The lowest BCUT2D eigenvalue weighted by Crippen LogP contribution is -1.64. The second kappa shape index (κ2) is 6.48. The highest BCUT2D eigenvalue weighted by Crippen LogP contribution is 1.93. The highest BCUT2D eigenvalue weighted by atomic mass is 13.8. The zero-order valence-electron chi connectivity index (χ0n) is 5.56. The first-order valence-electron chi connectivity index (χ1n) is 3.19. The van der Waals surface area contributed by atoms with Crippen molar-refractivity contribution >= 4 is 0 Å². The lowest BCUT2D eigenvalue weighted by Gasteiger charge is -1.84. The summed E-state index contributed by atoms with van der Waals surface area (Å²) in [5.74, 6) is 0. The van der Waals surface area contributed by atoms with Gasteiger partial charge in [0.25, 0.3) is 0 Å². The van der Waals surface area contributed by atoms with Gasteiger partial charge in [-0.15, -0.1) is 0 Å². The molecule has 46 valence electrons. The fourth-order valence-electron chi connectivity index (χ4n) is 0.514. The van der Waals surface area contributed by atoms with Crippen molar-refractivity contribution in [2.24, 2.45) is 0 Å². The molecule has 0 aliphatic carbocycles. The third kappa shape index (κ3) is 5.48. The largest absolute Gasteiger partial charge is 0.0991 e. The monoisotopic (exact) mass is 110 g/mol. The topological polar surface area (TPSA) is 0 Å². The molecule has 0 heterocycles. The lowest BCUT2D eigenvalue weighted by molar-refractivity contribution is 0.815. The van der Waals surface area contributed by atoms with Crippen LogP contribution in [-0.4, -0.2) is 0 Å². The van der Waals surface area contributed by atoms with Crippen molar-refractivity contribution in [1.82, 2.24) is 0 Å². The van der Waals surface area contributed by atoms with Crippen molar-refractivity contribution in [3.8, 4) is 0 Å². The molecule has 0 saturated heterocycles. The smallest absolute Gasteiger partial charge is 0.0348 e. The Hall–Kier alpha value is -0.520. The van der Waals surface area contributed by atoms with Crippen LogP contribution in [0.5, 0.6) is 0 Å². The second-order valence-electron chi connectivity index (χ2n) is 1.81. The summed E-state index contributed by atoms with van der Waals surface area (Å²) in [6, 6.07) is 0. The van der Waals surface area contributed by atoms with E-state index in [9.17, 15) is 0 Å². The summed E-state index contributed by atoms with van der Waals surface area (Å²) in [4.78, 5) is 0. The third-order valence-corrected chi connectivity index (χ3v) is 0.997. The average molecular weight is 110 g/mol. The quantitative estimate of drug-likeness (QED) is 0.385. The van der Waals surface area contributed by atoms with E-state index in [2.05, 4.69) is 19.6 Å². The molecule has 0 unspecified atom stereocenters. The van der Waals surface area contributed by atoms with Crippen LogP contribution in [0.2, 0.25) is 0 Å². The van der Waals surface area contributed by atoms with E-state index in [1.807, 2.05) is 12.2 Å². The second-order valence-corrected chi connectivity index (χ2v) is 1.81. The van der Waals surface area contributed by atoms with Gasteiger partial charge in [-0.1, -0.05) is 44.6 Å². The molecule has 8 heavy (non-hydrogen) atoms. The Kier molecular flexibility index (Phi) is 6.06. The summed E-state index contributed by atoms with van der Waals surface area (Å²) in [7, 11) is 0. The Morgan fingerprint density at radius 2 is 2.25 bits per heavy atom. The van der Waals surface area contributed by atoms with Crippen molar-refractivity contribution in [2.45, 2.75) is 26.2 Å². The van der Waals surface area contributed by atoms with Crippen LogP contribution >= 0.6 is 0 Å². The maximum atomic E-state index is 3.57. The molecule has 0 rings (SSSR count). The minimum absolute atomic E-state index is 1.20. The zero-order valence-corrected chi connectivity index (χ0v) is 5.56. The Labute approximate surface area is 51.9 Å². The van der Waals surface area contributed by atoms with Crippen molar-refractivity contribution < 1.29 is 0 Å². The maximum Gasteiger partial charge on any atom is -0.0348 e. The molecule has 0 heteroatoms. The van der Waals surface area contributed by atoms with E-state index in [0.29, 0.717) is 0 Å². The van der Waals surface area contributed by atoms with Gasteiger partial charge in [-0.3, -0.25) is 0 Å². The van der Waals surface area contributed by atoms with E-state index >= 15 is 0 Å². The molecule has 0 aliphatic heterocycles. The van der Waals surface area contributed by atoms with E-state index in [0.717, 1.165) is 0 Å². The van der Waals surface area contributed by atoms with Crippen LogP contribution in [0.1, 0.15) is 26.2 Å². The molecule has 0 bridgehead atoms. The number of hydrogen-bond acceptors (Lipinski definition) is 0. The van der Waals surface area contributed by atoms with Gasteiger partial charge in [0.2, 0.25) is 0 Å². The van der Waals surface area contributed by atoms with E-state index < -0.39 is 0 Å². The number of rotatable bonds is 4. The van der Waals surface area contributed by atoms with Crippen molar-refractivity contribution in [3.63, 3.8) is 0 Å². The highest BCUT2D eigenvalue weighted by molar-refractivity contribution is 4.96. The summed E-state index contributed by atoms with van der Waals surface area (Å²) < 4.78 is 0. The molecule has 0 fully saturated rings. The Morgan fingerprint density at radius 3 is 2.75 bits per heavy atom. The molecule has 0 atom stereocenters. The van der Waals surface area contributed by atoms with Gasteiger partial charge in [0.1, 0.15) is 0 Å². The Bertz CT molecular complexity index is 70.1. The van der Waals surface area contributed by atoms with Crippen LogP contribution in [0, 0.1) is 0 Å². The molecule has 0 N–H and O–H groups in total. The van der Waals surface area contributed by atoms with Crippen LogP contribution in [0.3, 0.4) is 0 Å². The molecule has 0 aromatic heterocycles. The molecule has 0 radical (unpaired) electrons. The Morgan fingerprint density at radius 1 is 1.50 bits per heavy atom. The summed E-state index contributed by atoms with van der Waals surface area (Å²) >= 11 is 0. The predicted molar refractivity (Wildman–Crippen MR) is 38.9 cm³/mol. The molecule has 0 amide bonds. The van der Waals surface area contributed by atoms with Crippen LogP contribution in [0.25, 0.3) is 0 Å². The maximum absolute atomic E-state index is 3.57. The summed E-state index contributed by atoms with van der Waals surface area (Å²) in [5, 5.41) is 0. The van der Waals surface area contributed by atoms with Gasteiger partial charge in [-0.05, 0) is 6.42 Å². The highest BCUT2D eigenvalue weighted by Gasteiger charge is 1.73. The molecular formula is C8H14. The number of hydrogen-bond donors (Lipinski definition) is 0. The third-order valence-electron chi connectivity index (χ3n) is 0.997. The first-order valence-corrected chi connectivity index (χ1v) is 3.19. The molecule has 0 aromatic carbocycles. The fraction of sp³-hybridized carbons (Fsp3) is 0.500. The van der Waals surface area contributed by atoms with Crippen LogP contribution in [0.15, 0.2) is 24.8 Å². The molecular weight excluding hydrogens is 96.1 g/mol. The summed E-state index contributed by atoms with van der Waals surface area (Å²) in [6.07, 6.45) is 9.73. The van der Waals surface area contributed by atoms with Crippen molar-refractivity contribution in [1.29, 1.82) is 0 Å². The lowest BCUT2D eigenvalue weighted by atomic mass is 10.2. The van der Waals surface area contributed by atoms with Crippen LogP contribution < -0.4 is 0 Å². The first kappa shape index (κ1) is 7.48. The predicted octanol–water partition coefficient (Wildman–Crippen LogP) is 2.92. The number of unbranched alkanes of at least 4 members (excludes halogenated alkanes) is 2. The van der Waals surface area contributed by atoms with Crippen molar-refractivity contribution in [3.05, 3.63) is 24.8 Å². The molecule has 0 saturated carbocycles. The van der Waals surface area contributed by atoms with Gasteiger partial charge >= 0.3 is 0 Å².